The first kappa shape index (κ1) is 25.9. The number of carbonyl (C=O) groups excluding carboxylic acids is 1. The number of thioether (sulfide) groups is 1. The topological polar surface area (TPSA) is 53.4 Å². The number of hydrogen-bond donors (Lipinski definition) is 1. The van der Waals surface area contributed by atoms with E-state index in [-0.39, 0.29) is 0 Å². The Morgan fingerprint density at radius 1 is 1.10 bits per heavy atom. The molecule has 30 heavy (non-hydrogen) atoms. The molecule has 0 spiro atoms. The van der Waals surface area contributed by atoms with Crippen LogP contribution in [0, 0.1) is 0 Å². The monoisotopic (exact) mass is 448 g/mol. The van der Waals surface area contributed by atoms with Crippen LogP contribution in [0.25, 0.3) is 10.9 Å². The molecule has 0 amide bonds. The van der Waals surface area contributed by atoms with Gasteiger partial charge in [-0.05, 0) is 56.9 Å². The van der Waals surface area contributed by atoms with Crippen LogP contribution in [0.3, 0.4) is 0 Å². The van der Waals surface area contributed by atoms with Crippen molar-refractivity contribution >= 4 is 41.4 Å². The Morgan fingerprint density at radius 3 is 2.30 bits per heavy atom. The van der Waals surface area contributed by atoms with Crippen LogP contribution in [0.15, 0.2) is 53.6 Å². The molecule has 0 bridgehead atoms. The summed E-state index contributed by atoms with van der Waals surface area (Å²) < 4.78 is 11.9. The zero-order chi connectivity index (χ0) is 22.7. The van der Waals surface area contributed by atoms with Gasteiger partial charge in [-0.15, -0.1) is 11.8 Å². The second-order valence-electron chi connectivity index (χ2n) is 6.89. The van der Waals surface area contributed by atoms with E-state index >= 15 is 0 Å². The Hall–Kier alpha value is -2.12. The molecule has 164 valence electrons. The molecule has 0 fully saturated rings. The van der Waals surface area contributed by atoms with Gasteiger partial charge in [0.25, 0.3) is 0 Å². The zero-order valence-corrected chi connectivity index (χ0v) is 20.5. The molecule has 0 N–H and O–H groups in total. The van der Waals surface area contributed by atoms with Gasteiger partial charge in [0.1, 0.15) is 11.4 Å². The van der Waals surface area contributed by atoms with Crippen LogP contribution >= 0.6 is 24.4 Å². The number of benzene rings is 2. The van der Waals surface area contributed by atoms with Crippen molar-refractivity contribution in [1.29, 1.82) is 0 Å². The molecule has 3 aromatic rings. The average molecular weight is 449 g/mol. The van der Waals surface area contributed by atoms with E-state index in [1.54, 1.807) is 31.3 Å². The summed E-state index contributed by atoms with van der Waals surface area (Å²) in [5, 5.41) is 5.08. The van der Waals surface area contributed by atoms with E-state index in [1.807, 2.05) is 65.0 Å². The molecule has 2 aromatic carbocycles. The van der Waals surface area contributed by atoms with Crippen LogP contribution in [-0.2, 0) is 10.5 Å². The first-order valence-corrected chi connectivity index (χ1v) is 11.7. The van der Waals surface area contributed by atoms with Crippen LogP contribution in [0.5, 0.6) is 5.75 Å². The number of thiol groups is 1. The zero-order valence-electron chi connectivity index (χ0n) is 18.8. The molecule has 5 nitrogen and oxygen atoms in total. The fraction of sp³-hybridized carbons (Fsp3) is 0.391. The number of methoxy groups -OCH3 is 1. The van der Waals surface area contributed by atoms with E-state index < -0.39 is 11.7 Å². The maximum atomic E-state index is 12.3. The summed E-state index contributed by atoms with van der Waals surface area (Å²) in [7, 11) is 1.66. The number of ether oxygens (including phenoxy) is 2. The lowest BCUT2D eigenvalue weighted by Crippen LogP contribution is -2.27. The molecule has 7 heteroatoms. The van der Waals surface area contributed by atoms with Gasteiger partial charge in [-0.3, -0.25) is 0 Å². The molecule has 0 atom stereocenters. The van der Waals surface area contributed by atoms with E-state index in [0.29, 0.717) is 0 Å². The SMILES string of the molecule is CC.COc1ccc(CSc2ccc3cnn(C(=O)OC(C)(C)C)c3c2)cc1.CS. The third kappa shape index (κ3) is 7.61. The summed E-state index contributed by atoms with van der Waals surface area (Å²) in [6.07, 6.45) is 2.90. The fourth-order valence-electron chi connectivity index (χ4n) is 2.43. The van der Waals surface area contributed by atoms with E-state index in [0.717, 1.165) is 27.3 Å². The highest BCUT2D eigenvalue weighted by Crippen LogP contribution is 2.27. The van der Waals surface area contributed by atoms with Crippen molar-refractivity contribution in [3.05, 3.63) is 54.2 Å². The Bertz CT molecular complexity index is 916. The summed E-state index contributed by atoms with van der Waals surface area (Å²) in [5.74, 6) is 1.68. The molecular weight excluding hydrogens is 416 g/mol. The van der Waals surface area contributed by atoms with Crippen molar-refractivity contribution in [3.8, 4) is 5.75 Å². The van der Waals surface area contributed by atoms with Crippen molar-refractivity contribution in [2.24, 2.45) is 0 Å². The fourth-order valence-corrected chi connectivity index (χ4v) is 3.31. The van der Waals surface area contributed by atoms with Gasteiger partial charge < -0.3 is 9.47 Å². The average Bonchev–Trinajstić information content (AvgIpc) is 3.18. The van der Waals surface area contributed by atoms with E-state index in [9.17, 15) is 4.79 Å². The van der Waals surface area contributed by atoms with Gasteiger partial charge in [0.15, 0.2) is 0 Å². The van der Waals surface area contributed by atoms with Gasteiger partial charge in [0, 0.05) is 16.0 Å². The lowest BCUT2D eigenvalue weighted by Gasteiger charge is -2.19. The lowest BCUT2D eigenvalue weighted by molar-refractivity contribution is 0.0522. The number of rotatable bonds is 4. The second kappa shape index (κ2) is 12.5. The van der Waals surface area contributed by atoms with E-state index in [4.69, 9.17) is 9.47 Å². The van der Waals surface area contributed by atoms with Crippen LogP contribution in [0.2, 0.25) is 0 Å². The summed E-state index contributed by atoms with van der Waals surface area (Å²) in [6, 6.07) is 14.0. The van der Waals surface area contributed by atoms with Gasteiger partial charge in [-0.2, -0.15) is 22.4 Å². The maximum absolute atomic E-state index is 12.3. The standard InChI is InChI=1S/C20H22N2O3S.C2H6.CH4S/c1-20(2,3)25-19(23)22-18-11-17(10-7-15(18)12-21-22)26-13-14-5-8-16(24-4)9-6-14;2*1-2/h5-12H,13H2,1-4H3;1-2H3;2H,1H3. The summed E-state index contributed by atoms with van der Waals surface area (Å²) in [4.78, 5) is 13.4. The number of aromatic nitrogens is 2. The number of nitrogens with zero attached hydrogens (tertiary/aromatic N) is 2. The minimum absolute atomic E-state index is 0.468. The highest BCUT2D eigenvalue weighted by atomic mass is 32.2. The molecule has 3 rings (SSSR count). The van der Waals surface area contributed by atoms with Gasteiger partial charge >= 0.3 is 6.09 Å². The van der Waals surface area contributed by atoms with E-state index in [1.165, 1.54) is 10.2 Å². The third-order valence-electron chi connectivity index (χ3n) is 3.67. The summed E-state index contributed by atoms with van der Waals surface area (Å²) in [6.45, 7) is 9.52. The van der Waals surface area contributed by atoms with Gasteiger partial charge in [-0.1, -0.05) is 32.0 Å². The third-order valence-corrected chi connectivity index (χ3v) is 4.74. The van der Waals surface area contributed by atoms with Crippen LogP contribution in [0.4, 0.5) is 4.79 Å². The highest BCUT2D eigenvalue weighted by molar-refractivity contribution is 7.98. The smallest absolute Gasteiger partial charge is 0.435 e. The van der Waals surface area contributed by atoms with Gasteiger partial charge in [-0.25, -0.2) is 4.79 Å². The Kier molecular flexibility index (Phi) is 10.8. The molecule has 0 saturated carbocycles. The number of fused-ring (bicyclic) bond motifs is 1. The maximum Gasteiger partial charge on any atom is 0.435 e. The second-order valence-corrected chi connectivity index (χ2v) is 7.94. The van der Waals surface area contributed by atoms with Crippen LogP contribution in [-0.4, -0.2) is 34.8 Å². The van der Waals surface area contributed by atoms with Crippen molar-refractivity contribution in [1.82, 2.24) is 9.78 Å². The molecule has 1 aromatic heterocycles. The lowest BCUT2D eigenvalue weighted by atomic mass is 10.2. The van der Waals surface area contributed by atoms with Gasteiger partial charge in [0.2, 0.25) is 0 Å². The molecular formula is C23H32N2O3S2. The predicted octanol–water partition coefficient (Wildman–Crippen LogP) is 6.69. The first-order chi connectivity index (χ1) is 14.4. The summed E-state index contributed by atoms with van der Waals surface area (Å²) in [5.41, 5.74) is 1.39. The highest BCUT2D eigenvalue weighted by Gasteiger charge is 2.20. The number of hydrogen-bond acceptors (Lipinski definition) is 6. The largest absolute Gasteiger partial charge is 0.497 e. The predicted molar refractivity (Wildman–Crippen MR) is 130 cm³/mol. The van der Waals surface area contributed by atoms with Crippen molar-refractivity contribution in [2.45, 2.75) is 50.9 Å². The molecule has 0 aliphatic carbocycles. The van der Waals surface area contributed by atoms with Crippen LogP contribution < -0.4 is 4.74 Å². The molecule has 0 aliphatic rings. The Morgan fingerprint density at radius 2 is 1.73 bits per heavy atom. The van der Waals surface area contributed by atoms with Crippen LogP contribution in [0.1, 0.15) is 40.2 Å². The normalized spacial score (nSPS) is 10.4. The van der Waals surface area contributed by atoms with Gasteiger partial charge in [0.05, 0.1) is 18.8 Å². The summed E-state index contributed by atoms with van der Waals surface area (Å²) >= 11 is 5.23. The molecule has 1 heterocycles. The minimum atomic E-state index is -0.559. The first-order valence-electron chi connectivity index (χ1n) is 9.77. The van der Waals surface area contributed by atoms with Crippen molar-refractivity contribution in [3.63, 3.8) is 0 Å². The molecule has 0 aliphatic heterocycles. The molecule has 0 unspecified atom stereocenters. The molecule has 0 saturated heterocycles. The molecule has 0 radical (unpaired) electrons. The van der Waals surface area contributed by atoms with E-state index in [2.05, 4.69) is 29.9 Å². The Labute approximate surface area is 189 Å². The van der Waals surface area contributed by atoms with Crippen molar-refractivity contribution < 1.29 is 14.3 Å². The number of carbonyl (C=O) groups is 1. The quantitative estimate of drug-likeness (QED) is 0.356. The van der Waals surface area contributed by atoms with Crippen molar-refractivity contribution in [2.75, 3.05) is 13.4 Å². The Balaban J connectivity index is 0.00000106. The minimum Gasteiger partial charge on any atom is -0.497 e.